The first-order valence-electron chi connectivity index (χ1n) is 10.8. The van der Waals surface area contributed by atoms with E-state index in [2.05, 4.69) is 39.8 Å². The summed E-state index contributed by atoms with van der Waals surface area (Å²) < 4.78 is 13.1. The summed E-state index contributed by atoms with van der Waals surface area (Å²) in [7, 11) is 2.06. The molecule has 2 aromatic heterocycles. The molecular formula is C24H31FN4S. The summed E-state index contributed by atoms with van der Waals surface area (Å²) in [6.45, 7) is 4.00. The largest absolute Gasteiger partial charge is 0.317 e. The van der Waals surface area contributed by atoms with Gasteiger partial charge in [0.25, 0.3) is 0 Å². The molecule has 0 spiro atoms. The summed E-state index contributed by atoms with van der Waals surface area (Å²) in [5, 5.41) is 7.50. The second-order valence-electron chi connectivity index (χ2n) is 7.42. The van der Waals surface area contributed by atoms with Crippen LogP contribution in [0.15, 0.2) is 48.8 Å². The van der Waals surface area contributed by atoms with Crippen LogP contribution in [0.1, 0.15) is 45.1 Å². The van der Waals surface area contributed by atoms with E-state index in [0.29, 0.717) is 6.04 Å². The lowest BCUT2D eigenvalue weighted by atomic mass is 9.82. The minimum atomic E-state index is -0.230. The van der Waals surface area contributed by atoms with Crippen LogP contribution in [-0.4, -0.2) is 23.1 Å². The predicted octanol–water partition coefficient (Wildman–Crippen LogP) is 6.43. The molecule has 6 heteroatoms. The summed E-state index contributed by atoms with van der Waals surface area (Å²) in [6, 6.07) is 11.4. The zero-order valence-corrected chi connectivity index (χ0v) is 18.8. The van der Waals surface area contributed by atoms with Crippen LogP contribution in [-0.2, 0) is 6.42 Å². The minimum absolute atomic E-state index is 0.230. The lowest BCUT2D eigenvalue weighted by molar-refractivity contribution is 0.300. The van der Waals surface area contributed by atoms with Gasteiger partial charge in [-0.15, -0.1) is 0 Å². The zero-order chi connectivity index (χ0) is 21.3. The molecule has 2 N–H and O–H groups in total. The van der Waals surface area contributed by atoms with Crippen LogP contribution < -0.4 is 10.6 Å². The second-order valence-corrected chi connectivity index (χ2v) is 8.45. The fourth-order valence-corrected chi connectivity index (χ4v) is 4.68. The molecule has 0 bridgehead atoms. The molecule has 0 unspecified atom stereocenters. The van der Waals surface area contributed by atoms with Gasteiger partial charge in [0, 0.05) is 18.4 Å². The molecule has 0 aliphatic heterocycles. The Kier molecular flexibility index (Phi) is 8.34. The molecule has 4 nitrogen and oxygen atoms in total. The number of nitrogens with one attached hydrogen (secondary N) is 2. The van der Waals surface area contributed by atoms with E-state index in [1.165, 1.54) is 54.7 Å². The average Bonchev–Trinajstić information content (AvgIpc) is 3.25. The highest BCUT2D eigenvalue weighted by molar-refractivity contribution is 7.18. The molecule has 1 fully saturated rings. The van der Waals surface area contributed by atoms with Crippen molar-refractivity contribution in [3.05, 3.63) is 60.2 Å². The van der Waals surface area contributed by atoms with Gasteiger partial charge in [-0.25, -0.2) is 14.4 Å². The Morgan fingerprint density at radius 2 is 1.77 bits per heavy atom. The number of hydrogen-bond donors (Lipinski definition) is 2. The SMILES string of the molecule is CC.CNC1CCC(Cc2ccnc(Nc3ncc(-c4ccc(F)cc4)s3)c2)CC1. The Bertz CT molecular complexity index is 902. The van der Waals surface area contributed by atoms with Crippen molar-refractivity contribution in [1.29, 1.82) is 0 Å². The van der Waals surface area contributed by atoms with Gasteiger partial charge in [-0.2, -0.15) is 0 Å². The third-order valence-electron chi connectivity index (χ3n) is 5.47. The molecular weight excluding hydrogens is 395 g/mol. The van der Waals surface area contributed by atoms with Crippen molar-refractivity contribution < 1.29 is 4.39 Å². The van der Waals surface area contributed by atoms with E-state index in [9.17, 15) is 4.39 Å². The maximum atomic E-state index is 13.1. The molecule has 1 aliphatic rings. The van der Waals surface area contributed by atoms with Crippen molar-refractivity contribution in [2.24, 2.45) is 5.92 Å². The number of benzene rings is 1. The van der Waals surface area contributed by atoms with Gasteiger partial charge in [-0.1, -0.05) is 37.3 Å². The van der Waals surface area contributed by atoms with Crippen molar-refractivity contribution in [2.75, 3.05) is 12.4 Å². The number of halogens is 1. The minimum Gasteiger partial charge on any atom is -0.317 e. The molecule has 0 saturated heterocycles. The number of hydrogen-bond acceptors (Lipinski definition) is 5. The molecule has 160 valence electrons. The zero-order valence-electron chi connectivity index (χ0n) is 18.0. The van der Waals surface area contributed by atoms with Crippen LogP contribution in [0.4, 0.5) is 15.3 Å². The number of thiazole rings is 1. The third-order valence-corrected chi connectivity index (χ3v) is 6.44. The number of rotatable bonds is 6. The van der Waals surface area contributed by atoms with E-state index < -0.39 is 0 Å². The fraction of sp³-hybridized carbons (Fsp3) is 0.417. The van der Waals surface area contributed by atoms with Crippen LogP contribution in [0.25, 0.3) is 10.4 Å². The van der Waals surface area contributed by atoms with Crippen LogP contribution >= 0.6 is 11.3 Å². The summed E-state index contributed by atoms with van der Waals surface area (Å²) in [6.07, 6.45) is 9.88. The Labute approximate surface area is 183 Å². The number of aromatic nitrogens is 2. The van der Waals surface area contributed by atoms with Gasteiger partial charge in [-0.3, -0.25) is 0 Å². The summed E-state index contributed by atoms with van der Waals surface area (Å²) >= 11 is 1.54. The van der Waals surface area contributed by atoms with E-state index in [-0.39, 0.29) is 5.82 Å². The van der Waals surface area contributed by atoms with E-state index in [1.54, 1.807) is 12.1 Å². The Morgan fingerprint density at radius 3 is 2.47 bits per heavy atom. The van der Waals surface area contributed by atoms with Crippen LogP contribution in [0.5, 0.6) is 0 Å². The first-order valence-corrected chi connectivity index (χ1v) is 11.6. The topological polar surface area (TPSA) is 49.8 Å². The van der Waals surface area contributed by atoms with Crippen LogP contribution in [0.3, 0.4) is 0 Å². The Hall–Kier alpha value is -2.31. The maximum absolute atomic E-state index is 13.1. The van der Waals surface area contributed by atoms with Crippen LogP contribution in [0, 0.1) is 11.7 Å². The van der Waals surface area contributed by atoms with Gasteiger partial charge < -0.3 is 10.6 Å². The lowest BCUT2D eigenvalue weighted by Gasteiger charge is -2.28. The molecule has 0 radical (unpaired) electrons. The molecule has 3 aromatic rings. The highest BCUT2D eigenvalue weighted by Crippen LogP contribution is 2.31. The predicted molar refractivity (Wildman–Crippen MR) is 125 cm³/mol. The third kappa shape index (κ3) is 6.09. The second kappa shape index (κ2) is 11.2. The summed E-state index contributed by atoms with van der Waals surface area (Å²) in [5.74, 6) is 1.35. The van der Waals surface area contributed by atoms with Gasteiger partial charge in [0.2, 0.25) is 0 Å². The van der Waals surface area contributed by atoms with Crippen molar-refractivity contribution in [2.45, 2.75) is 52.0 Å². The maximum Gasteiger partial charge on any atom is 0.188 e. The normalized spacial score (nSPS) is 18.4. The molecule has 2 heterocycles. The number of anilines is 2. The van der Waals surface area contributed by atoms with Gasteiger partial charge in [0.05, 0.1) is 4.88 Å². The fourth-order valence-electron chi connectivity index (χ4n) is 3.85. The van der Waals surface area contributed by atoms with E-state index in [0.717, 1.165) is 33.7 Å². The van der Waals surface area contributed by atoms with Crippen LogP contribution in [0.2, 0.25) is 0 Å². The van der Waals surface area contributed by atoms with Gasteiger partial charge in [0.15, 0.2) is 5.13 Å². The summed E-state index contributed by atoms with van der Waals surface area (Å²) in [4.78, 5) is 9.88. The molecule has 1 saturated carbocycles. The first-order chi connectivity index (χ1) is 14.7. The van der Waals surface area contributed by atoms with Gasteiger partial charge >= 0.3 is 0 Å². The first kappa shape index (κ1) is 22.4. The Balaban J connectivity index is 0.00000124. The number of nitrogens with zero attached hydrogens (tertiary/aromatic N) is 2. The Morgan fingerprint density at radius 1 is 1.03 bits per heavy atom. The highest BCUT2D eigenvalue weighted by Gasteiger charge is 2.20. The summed E-state index contributed by atoms with van der Waals surface area (Å²) in [5.41, 5.74) is 2.28. The quantitative estimate of drug-likeness (QED) is 0.476. The molecule has 0 amide bonds. The molecule has 1 aromatic carbocycles. The van der Waals surface area contributed by atoms with Crippen molar-refractivity contribution in [1.82, 2.24) is 15.3 Å². The van der Waals surface area contributed by atoms with Gasteiger partial charge in [0.1, 0.15) is 11.6 Å². The molecule has 4 rings (SSSR count). The standard InChI is InChI=1S/C22H25FN4S.C2H6/c1-24-19-8-2-15(3-9-19)12-16-10-11-25-21(13-16)27-22-26-14-20(28-22)17-4-6-18(23)7-5-17;1-2/h4-7,10-11,13-15,19,24H,2-3,8-9,12H2,1H3,(H,25,26,27);1-2H3. The van der Waals surface area contributed by atoms with E-state index in [1.807, 2.05) is 26.2 Å². The highest BCUT2D eigenvalue weighted by atomic mass is 32.1. The van der Waals surface area contributed by atoms with E-state index >= 15 is 0 Å². The average molecular weight is 427 g/mol. The smallest absolute Gasteiger partial charge is 0.188 e. The lowest BCUT2D eigenvalue weighted by Crippen LogP contribution is -2.30. The molecule has 30 heavy (non-hydrogen) atoms. The van der Waals surface area contributed by atoms with Gasteiger partial charge in [-0.05, 0) is 80.5 Å². The monoisotopic (exact) mass is 426 g/mol. The molecule has 1 aliphatic carbocycles. The van der Waals surface area contributed by atoms with E-state index in [4.69, 9.17) is 0 Å². The number of pyridine rings is 1. The molecule has 0 atom stereocenters. The van der Waals surface area contributed by atoms with Crippen molar-refractivity contribution in [3.63, 3.8) is 0 Å². The van der Waals surface area contributed by atoms with Crippen molar-refractivity contribution >= 4 is 22.3 Å². The van der Waals surface area contributed by atoms with Crippen molar-refractivity contribution in [3.8, 4) is 10.4 Å².